The van der Waals surface area contributed by atoms with Gasteiger partial charge in [0.15, 0.2) is 0 Å². The number of benzene rings is 2. The molecule has 23 heavy (non-hydrogen) atoms. The molecule has 0 fully saturated rings. The molecule has 1 N–H and O–H groups in total. The summed E-state index contributed by atoms with van der Waals surface area (Å²) in [6.45, 7) is 0.393. The standard InChI is InChI=1S/C16H15ClN2O4/c17-12-6-8-15(9-7-12)23-10-2-5-16(20)18-13-3-1-4-14(11-13)19(21)22/h1,3-4,6-9,11H,2,5,10H2,(H,18,20). The predicted molar refractivity (Wildman–Crippen MR) is 87.9 cm³/mol. The van der Waals surface area contributed by atoms with Gasteiger partial charge in [0.05, 0.1) is 11.5 Å². The molecule has 0 saturated carbocycles. The van der Waals surface area contributed by atoms with Crippen molar-refractivity contribution < 1.29 is 14.5 Å². The first-order valence-corrected chi connectivity index (χ1v) is 7.35. The Balaban J connectivity index is 1.74. The zero-order chi connectivity index (χ0) is 16.7. The van der Waals surface area contributed by atoms with Crippen LogP contribution in [-0.2, 0) is 4.79 Å². The van der Waals surface area contributed by atoms with E-state index in [0.29, 0.717) is 29.5 Å². The van der Waals surface area contributed by atoms with Gasteiger partial charge in [0.2, 0.25) is 5.91 Å². The number of rotatable bonds is 7. The van der Waals surface area contributed by atoms with Gasteiger partial charge in [-0.25, -0.2) is 0 Å². The summed E-state index contributed by atoms with van der Waals surface area (Å²) >= 11 is 5.77. The van der Waals surface area contributed by atoms with Crippen LogP contribution in [0.15, 0.2) is 48.5 Å². The van der Waals surface area contributed by atoms with Gasteiger partial charge in [-0.1, -0.05) is 17.7 Å². The summed E-state index contributed by atoms with van der Waals surface area (Å²) < 4.78 is 5.48. The van der Waals surface area contributed by atoms with E-state index in [0.717, 1.165) is 0 Å². The number of hydrogen-bond donors (Lipinski definition) is 1. The average Bonchev–Trinajstić information content (AvgIpc) is 2.53. The maximum absolute atomic E-state index is 11.8. The predicted octanol–water partition coefficient (Wildman–Crippen LogP) is 4.05. The number of carbonyl (C=O) groups excluding carboxylic acids is 1. The van der Waals surface area contributed by atoms with Crippen molar-refractivity contribution in [3.63, 3.8) is 0 Å². The van der Waals surface area contributed by atoms with Crippen LogP contribution in [0.1, 0.15) is 12.8 Å². The van der Waals surface area contributed by atoms with Crippen LogP contribution in [0.25, 0.3) is 0 Å². The molecule has 0 heterocycles. The third-order valence-corrected chi connectivity index (χ3v) is 3.22. The SMILES string of the molecule is O=C(CCCOc1ccc(Cl)cc1)Nc1cccc([N+](=O)[O-])c1. The Morgan fingerprint density at radius 1 is 1.22 bits per heavy atom. The van der Waals surface area contributed by atoms with Crippen molar-refractivity contribution in [2.75, 3.05) is 11.9 Å². The van der Waals surface area contributed by atoms with Gasteiger partial charge in [-0.3, -0.25) is 14.9 Å². The van der Waals surface area contributed by atoms with Crippen molar-refractivity contribution in [2.24, 2.45) is 0 Å². The minimum absolute atomic E-state index is 0.0612. The van der Waals surface area contributed by atoms with Gasteiger partial charge in [0, 0.05) is 29.3 Å². The number of nitro groups is 1. The minimum atomic E-state index is -0.504. The average molecular weight is 335 g/mol. The second kappa shape index (κ2) is 8.14. The number of non-ortho nitro benzene ring substituents is 1. The summed E-state index contributed by atoms with van der Waals surface area (Å²) in [5.41, 5.74) is 0.344. The van der Waals surface area contributed by atoms with E-state index in [1.807, 2.05) is 0 Å². The van der Waals surface area contributed by atoms with Gasteiger partial charge >= 0.3 is 0 Å². The number of nitrogens with one attached hydrogen (secondary N) is 1. The molecule has 0 spiro atoms. The molecule has 0 unspecified atom stereocenters. The van der Waals surface area contributed by atoms with Crippen LogP contribution < -0.4 is 10.1 Å². The van der Waals surface area contributed by atoms with E-state index in [9.17, 15) is 14.9 Å². The summed E-state index contributed by atoms with van der Waals surface area (Å²) in [5.74, 6) is 0.471. The van der Waals surface area contributed by atoms with E-state index in [1.54, 1.807) is 30.3 Å². The highest BCUT2D eigenvalue weighted by atomic mass is 35.5. The zero-order valence-electron chi connectivity index (χ0n) is 12.2. The first-order valence-electron chi connectivity index (χ1n) is 6.97. The van der Waals surface area contributed by atoms with Crippen LogP contribution in [-0.4, -0.2) is 17.4 Å². The molecule has 2 aromatic carbocycles. The molecule has 120 valence electrons. The van der Waals surface area contributed by atoms with Crippen LogP contribution in [0.4, 0.5) is 11.4 Å². The lowest BCUT2D eigenvalue weighted by atomic mass is 10.2. The Kier molecular flexibility index (Phi) is 5.94. The number of ether oxygens (including phenoxy) is 1. The van der Waals surface area contributed by atoms with Gasteiger partial charge in [-0.05, 0) is 36.8 Å². The van der Waals surface area contributed by atoms with Gasteiger partial charge in [0.1, 0.15) is 5.75 Å². The van der Waals surface area contributed by atoms with Crippen LogP contribution in [0.3, 0.4) is 0 Å². The summed E-state index contributed by atoms with van der Waals surface area (Å²) in [6.07, 6.45) is 0.791. The summed E-state index contributed by atoms with van der Waals surface area (Å²) in [7, 11) is 0. The molecule has 0 atom stereocenters. The van der Waals surface area contributed by atoms with Crippen LogP contribution in [0.5, 0.6) is 5.75 Å². The number of amides is 1. The van der Waals surface area contributed by atoms with Crippen molar-refractivity contribution in [1.29, 1.82) is 0 Å². The van der Waals surface area contributed by atoms with Crippen molar-refractivity contribution in [3.8, 4) is 5.75 Å². The second-order valence-electron chi connectivity index (χ2n) is 4.76. The van der Waals surface area contributed by atoms with Crippen molar-refractivity contribution in [1.82, 2.24) is 0 Å². The molecule has 6 nitrogen and oxygen atoms in total. The quantitative estimate of drug-likeness (QED) is 0.470. The maximum Gasteiger partial charge on any atom is 0.271 e. The number of nitrogens with zero attached hydrogens (tertiary/aromatic N) is 1. The number of halogens is 1. The highest BCUT2D eigenvalue weighted by molar-refractivity contribution is 6.30. The normalized spacial score (nSPS) is 10.1. The van der Waals surface area contributed by atoms with Gasteiger partial charge in [-0.15, -0.1) is 0 Å². The number of nitro benzene ring substituents is 1. The topological polar surface area (TPSA) is 81.5 Å². The lowest BCUT2D eigenvalue weighted by Gasteiger charge is -2.07. The maximum atomic E-state index is 11.8. The fraction of sp³-hybridized carbons (Fsp3) is 0.188. The monoisotopic (exact) mass is 334 g/mol. The summed E-state index contributed by atoms with van der Waals surface area (Å²) in [5, 5.41) is 13.9. The molecule has 0 saturated heterocycles. The Hall–Kier alpha value is -2.60. The van der Waals surface area contributed by atoms with Crippen molar-refractivity contribution in [2.45, 2.75) is 12.8 Å². The molecule has 2 rings (SSSR count). The number of hydrogen-bond acceptors (Lipinski definition) is 4. The molecule has 0 aliphatic heterocycles. The van der Waals surface area contributed by atoms with E-state index in [1.165, 1.54) is 18.2 Å². The fourth-order valence-electron chi connectivity index (χ4n) is 1.87. The Morgan fingerprint density at radius 3 is 2.65 bits per heavy atom. The van der Waals surface area contributed by atoms with Crippen LogP contribution in [0.2, 0.25) is 5.02 Å². The molecule has 2 aromatic rings. The molecule has 0 aliphatic rings. The first-order chi connectivity index (χ1) is 11.0. The van der Waals surface area contributed by atoms with E-state index >= 15 is 0 Å². The minimum Gasteiger partial charge on any atom is -0.494 e. The molecule has 0 aliphatic carbocycles. The van der Waals surface area contributed by atoms with Crippen LogP contribution >= 0.6 is 11.6 Å². The Morgan fingerprint density at radius 2 is 1.96 bits per heavy atom. The lowest BCUT2D eigenvalue weighted by molar-refractivity contribution is -0.384. The smallest absolute Gasteiger partial charge is 0.271 e. The third kappa shape index (κ3) is 5.60. The van der Waals surface area contributed by atoms with E-state index in [-0.39, 0.29) is 18.0 Å². The molecule has 0 aromatic heterocycles. The highest BCUT2D eigenvalue weighted by Crippen LogP contribution is 2.18. The molecule has 7 heteroatoms. The van der Waals surface area contributed by atoms with Gasteiger partial charge in [-0.2, -0.15) is 0 Å². The molecule has 0 bridgehead atoms. The van der Waals surface area contributed by atoms with E-state index < -0.39 is 4.92 Å². The number of carbonyl (C=O) groups is 1. The molecular formula is C16H15ClN2O4. The van der Waals surface area contributed by atoms with Gasteiger partial charge in [0.25, 0.3) is 5.69 Å². The second-order valence-corrected chi connectivity index (χ2v) is 5.20. The van der Waals surface area contributed by atoms with E-state index in [4.69, 9.17) is 16.3 Å². The number of anilines is 1. The molecule has 0 radical (unpaired) electrons. The first kappa shape index (κ1) is 16.8. The lowest BCUT2D eigenvalue weighted by Crippen LogP contribution is -2.12. The highest BCUT2D eigenvalue weighted by Gasteiger charge is 2.08. The molecule has 1 amide bonds. The van der Waals surface area contributed by atoms with E-state index in [2.05, 4.69) is 5.32 Å². The van der Waals surface area contributed by atoms with Gasteiger partial charge < -0.3 is 10.1 Å². The molecular weight excluding hydrogens is 320 g/mol. The third-order valence-electron chi connectivity index (χ3n) is 2.97. The van der Waals surface area contributed by atoms with Crippen LogP contribution in [0, 0.1) is 10.1 Å². The summed E-state index contributed by atoms with van der Waals surface area (Å²) in [6, 6.07) is 12.8. The fourth-order valence-corrected chi connectivity index (χ4v) is 2.00. The van der Waals surface area contributed by atoms with Crippen molar-refractivity contribution in [3.05, 3.63) is 63.7 Å². The summed E-state index contributed by atoms with van der Waals surface area (Å²) in [4.78, 5) is 22.0. The Bertz CT molecular complexity index is 689. The zero-order valence-corrected chi connectivity index (χ0v) is 13.0. The largest absolute Gasteiger partial charge is 0.494 e. The Labute approximate surface area is 138 Å². The van der Waals surface area contributed by atoms with Crippen molar-refractivity contribution >= 4 is 28.9 Å².